The van der Waals surface area contributed by atoms with Crippen molar-refractivity contribution in [2.45, 2.75) is 136 Å². The number of unbranched alkanes of at least 4 members (excludes halogenated alkanes) is 11. The molecule has 1 N–H and O–H groups in total. The van der Waals surface area contributed by atoms with Gasteiger partial charge < -0.3 is 18.9 Å². The quantitative estimate of drug-likeness (QED) is 0.0242. The molecule has 2 atom stereocenters. The van der Waals surface area contributed by atoms with Gasteiger partial charge >= 0.3 is 13.8 Å². The zero-order chi connectivity index (χ0) is 34.9. The maximum Gasteiger partial charge on any atom is 0.472 e. The van der Waals surface area contributed by atoms with Crippen LogP contribution >= 0.6 is 7.82 Å². The summed E-state index contributed by atoms with van der Waals surface area (Å²) < 4.78 is 34.7. The van der Waals surface area contributed by atoms with Gasteiger partial charge in [0.1, 0.15) is 19.3 Å². The van der Waals surface area contributed by atoms with Gasteiger partial charge in [-0.1, -0.05) is 120 Å². The number of hydrogen-bond donors (Lipinski definition) is 1. The number of hydrogen-bond acceptors (Lipinski definition) is 6. The maximum atomic E-state index is 12.5. The molecule has 0 aromatic carbocycles. The first-order valence-corrected chi connectivity index (χ1v) is 19.9. The van der Waals surface area contributed by atoms with E-state index in [1.165, 1.54) is 38.5 Å². The topological polar surface area (TPSA) is 91.3 Å². The molecule has 0 radical (unpaired) electrons. The molecule has 0 rings (SSSR count). The first-order valence-electron chi connectivity index (χ1n) is 18.4. The molecular formula is C38H71NO7P+. The molecule has 8 nitrogen and oxygen atoms in total. The molecule has 0 bridgehead atoms. The Bertz CT molecular complexity index is 895. The van der Waals surface area contributed by atoms with Crippen molar-refractivity contribution in [1.29, 1.82) is 0 Å². The van der Waals surface area contributed by atoms with Crippen LogP contribution in [0.1, 0.15) is 129 Å². The van der Waals surface area contributed by atoms with Crippen molar-refractivity contribution in [2.24, 2.45) is 0 Å². The summed E-state index contributed by atoms with van der Waals surface area (Å²) in [6.07, 6.45) is 35.7. The average molecular weight is 685 g/mol. The number of ether oxygens (including phenoxy) is 2. The van der Waals surface area contributed by atoms with Crippen LogP contribution in [0, 0.1) is 0 Å². The van der Waals surface area contributed by atoms with Crippen molar-refractivity contribution < 1.29 is 37.3 Å². The number of quaternary nitrogens is 1. The lowest BCUT2D eigenvalue weighted by molar-refractivity contribution is -0.870. The van der Waals surface area contributed by atoms with Crippen LogP contribution in [-0.4, -0.2) is 75.6 Å². The second-order valence-electron chi connectivity index (χ2n) is 13.2. The molecule has 0 aromatic rings. The van der Waals surface area contributed by atoms with Gasteiger partial charge in [-0.3, -0.25) is 13.8 Å². The van der Waals surface area contributed by atoms with E-state index in [0.29, 0.717) is 24.1 Å². The fraction of sp³-hybridized carbons (Fsp3) is 0.763. The van der Waals surface area contributed by atoms with Gasteiger partial charge in [0.05, 0.1) is 34.4 Å². The zero-order valence-corrected chi connectivity index (χ0v) is 31.6. The third kappa shape index (κ3) is 35.6. The van der Waals surface area contributed by atoms with Gasteiger partial charge in [-0.2, -0.15) is 0 Å². The van der Waals surface area contributed by atoms with E-state index < -0.39 is 13.9 Å². The van der Waals surface area contributed by atoms with Gasteiger partial charge in [-0.15, -0.1) is 0 Å². The SMILES string of the molecule is CC/C=C\C/C=C\C/C=C\C/C=C\CCCCCOCC(COP(=O)(O)OCC[N+](C)(C)C)OC(=O)CCCCCCCCCCC. The van der Waals surface area contributed by atoms with E-state index in [4.69, 9.17) is 18.5 Å². The molecular weight excluding hydrogens is 613 g/mol. The largest absolute Gasteiger partial charge is 0.472 e. The Morgan fingerprint density at radius 2 is 1.23 bits per heavy atom. The van der Waals surface area contributed by atoms with Crippen molar-refractivity contribution in [1.82, 2.24) is 0 Å². The van der Waals surface area contributed by atoms with E-state index >= 15 is 0 Å². The predicted octanol–water partition coefficient (Wildman–Crippen LogP) is 10.0. The molecule has 2 unspecified atom stereocenters. The summed E-state index contributed by atoms with van der Waals surface area (Å²) in [5.74, 6) is -0.332. The third-order valence-corrected chi connectivity index (χ3v) is 8.39. The number of phosphoric acid groups is 1. The number of carbonyl (C=O) groups excluding carboxylic acids is 1. The molecule has 0 heterocycles. The molecule has 9 heteroatoms. The van der Waals surface area contributed by atoms with E-state index in [1.807, 2.05) is 21.1 Å². The summed E-state index contributed by atoms with van der Waals surface area (Å²) in [4.78, 5) is 22.7. The Morgan fingerprint density at radius 1 is 0.681 bits per heavy atom. The molecule has 0 saturated carbocycles. The number of likely N-dealkylation sites (N-methyl/N-ethyl adjacent to an activating group) is 1. The van der Waals surface area contributed by atoms with Crippen LogP contribution < -0.4 is 0 Å². The molecule has 0 aliphatic carbocycles. The molecule has 0 saturated heterocycles. The van der Waals surface area contributed by atoms with Crippen LogP contribution in [0.2, 0.25) is 0 Å². The highest BCUT2D eigenvalue weighted by Crippen LogP contribution is 2.43. The molecule has 0 aliphatic rings. The molecule has 0 amide bonds. The second-order valence-corrected chi connectivity index (χ2v) is 14.7. The van der Waals surface area contributed by atoms with Crippen LogP contribution in [0.15, 0.2) is 48.6 Å². The first kappa shape index (κ1) is 45.5. The van der Waals surface area contributed by atoms with Crippen LogP contribution in [0.4, 0.5) is 0 Å². The third-order valence-electron chi connectivity index (χ3n) is 7.40. The molecule has 274 valence electrons. The van der Waals surface area contributed by atoms with Crippen molar-refractivity contribution >= 4 is 13.8 Å². The van der Waals surface area contributed by atoms with Crippen molar-refractivity contribution in [3.05, 3.63) is 48.6 Å². The number of allylic oxidation sites excluding steroid dienone is 8. The van der Waals surface area contributed by atoms with E-state index in [-0.39, 0.29) is 25.8 Å². The Kier molecular flexibility index (Phi) is 30.7. The molecule has 0 spiro atoms. The van der Waals surface area contributed by atoms with Crippen LogP contribution in [-0.2, 0) is 27.9 Å². The van der Waals surface area contributed by atoms with E-state index in [0.717, 1.165) is 70.6 Å². The van der Waals surface area contributed by atoms with E-state index in [1.54, 1.807) is 0 Å². The lowest BCUT2D eigenvalue weighted by Gasteiger charge is -2.24. The highest BCUT2D eigenvalue weighted by molar-refractivity contribution is 7.47. The van der Waals surface area contributed by atoms with Crippen molar-refractivity contribution in [3.8, 4) is 0 Å². The summed E-state index contributed by atoms with van der Waals surface area (Å²) in [5, 5.41) is 0. The van der Waals surface area contributed by atoms with Crippen LogP contribution in [0.25, 0.3) is 0 Å². The van der Waals surface area contributed by atoms with Crippen molar-refractivity contribution in [2.75, 3.05) is 54.1 Å². The second kappa shape index (κ2) is 31.7. The summed E-state index contributed by atoms with van der Waals surface area (Å²) in [5.41, 5.74) is 0. The minimum Gasteiger partial charge on any atom is -0.457 e. The van der Waals surface area contributed by atoms with Gasteiger partial charge in [-0.05, 0) is 51.4 Å². The molecule has 0 fully saturated rings. The monoisotopic (exact) mass is 684 g/mol. The van der Waals surface area contributed by atoms with Gasteiger partial charge in [0.25, 0.3) is 0 Å². The molecule has 47 heavy (non-hydrogen) atoms. The number of nitrogens with zero attached hydrogens (tertiary/aromatic N) is 1. The standard InChI is InChI=1S/C38H70NO7P/c1-6-8-10-12-14-16-17-18-19-20-21-22-24-26-28-30-33-43-35-37(36-45-47(41,42)44-34-32-39(3,4)5)46-38(40)31-29-27-25-23-15-13-11-9-7-2/h8,10,14,16,18-19,21-22,37H,6-7,9,11-13,15,17,20,23-36H2,1-5H3/p+1/b10-8-,16-14-,19-18-,22-21-. The van der Waals surface area contributed by atoms with Crippen molar-refractivity contribution in [3.63, 3.8) is 0 Å². The highest BCUT2D eigenvalue weighted by Gasteiger charge is 2.26. The fourth-order valence-corrected chi connectivity index (χ4v) is 5.28. The van der Waals surface area contributed by atoms with Gasteiger partial charge in [-0.25, -0.2) is 4.57 Å². The predicted molar refractivity (Wildman–Crippen MR) is 196 cm³/mol. The van der Waals surface area contributed by atoms with E-state index in [2.05, 4.69) is 62.5 Å². The van der Waals surface area contributed by atoms with E-state index in [9.17, 15) is 14.3 Å². The average Bonchev–Trinajstić information content (AvgIpc) is 3.01. The lowest BCUT2D eigenvalue weighted by atomic mass is 10.1. The summed E-state index contributed by atoms with van der Waals surface area (Å²) in [7, 11) is 1.64. The van der Waals surface area contributed by atoms with Crippen LogP contribution in [0.5, 0.6) is 0 Å². The number of esters is 1. The molecule has 0 aliphatic heterocycles. The van der Waals surface area contributed by atoms with Crippen LogP contribution in [0.3, 0.4) is 0 Å². The normalized spacial score (nSPS) is 14.6. The van der Waals surface area contributed by atoms with Gasteiger partial charge in [0, 0.05) is 13.0 Å². The first-order chi connectivity index (χ1) is 22.6. The fourth-order valence-electron chi connectivity index (χ4n) is 4.54. The number of carbonyl (C=O) groups is 1. The highest BCUT2D eigenvalue weighted by atomic mass is 31.2. The zero-order valence-electron chi connectivity index (χ0n) is 30.8. The number of rotatable bonds is 33. The Balaban J connectivity index is 4.36. The number of phosphoric ester groups is 1. The smallest absolute Gasteiger partial charge is 0.457 e. The lowest BCUT2D eigenvalue weighted by Crippen LogP contribution is -2.37. The summed E-state index contributed by atoms with van der Waals surface area (Å²) in [6.45, 7) is 5.38. The minimum atomic E-state index is -4.27. The Morgan fingerprint density at radius 3 is 1.83 bits per heavy atom. The summed E-state index contributed by atoms with van der Waals surface area (Å²) >= 11 is 0. The Labute approximate surface area is 288 Å². The van der Waals surface area contributed by atoms with Gasteiger partial charge in [0.2, 0.25) is 0 Å². The Hall–Kier alpha value is -1.54. The minimum absolute atomic E-state index is 0.0811. The molecule has 0 aromatic heterocycles. The summed E-state index contributed by atoms with van der Waals surface area (Å²) in [6, 6.07) is 0. The van der Waals surface area contributed by atoms with Gasteiger partial charge in [0.15, 0.2) is 0 Å². The maximum absolute atomic E-state index is 12.5.